The van der Waals surface area contributed by atoms with Crippen molar-refractivity contribution in [2.24, 2.45) is 0 Å². The van der Waals surface area contributed by atoms with E-state index in [1.54, 1.807) is 6.92 Å². The molecule has 0 saturated carbocycles. The molecule has 0 saturated heterocycles. The van der Waals surface area contributed by atoms with Crippen molar-refractivity contribution in [2.75, 3.05) is 13.2 Å². The molecule has 1 aromatic rings. The summed E-state index contributed by atoms with van der Waals surface area (Å²) in [5, 5.41) is 0.124. The van der Waals surface area contributed by atoms with Gasteiger partial charge in [0.05, 0.1) is 11.6 Å². The Morgan fingerprint density at radius 3 is 2.87 bits per heavy atom. The first kappa shape index (κ1) is 11.8. The molecule has 15 heavy (non-hydrogen) atoms. The second-order valence-corrected chi connectivity index (χ2v) is 3.08. The molecular formula is C10H10ClFO3. The van der Waals surface area contributed by atoms with Crippen LogP contribution in [0.3, 0.4) is 0 Å². The lowest BCUT2D eigenvalue weighted by Gasteiger charge is -2.06. The minimum atomic E-state index is -0.488. The monoisotopic (exact) mass is 232 g/mol. The largest absolute Gasteiger partial charge is 0.480 e. The predicted octanol–water partition coefficient (Wildman–Crippen LogP) is 2.42. The molecule has 0 amide bonds. The number of halogens is 2. The lowest BCUT2D eigenvalue weighted by atomic mass is 10.3. The Morgan fingerprint density at radius 2 is 2.27 bits per heavy atom. The quantitative estimate of drug-likeness (QED) is 0.748. The highest BCUT2D eigenvalue weighted by atomic mass is 35.5. The highest BCUT2D eigenvalue weighted by Crippen LogP contribution is 2.24. The van der Waals surface area contributed by atoms with Crippen LogP contribution in [0.1, 0.15) is 6.92 Å². The molecule has 0 aromatic heterocycles. The van der Waals surface area contributed by atoms with Gasteiger partial charge in [0.25, 0.3) is 0 Å². The van der Waals surface area contributed by atoms with Gasteiger partial charge in [-0.15, -0.1) is 0 Å². The van der Waals surface area contributed by atoms with Crippen molar-refractivity contribution in [2.45, 2.75) is 6.92 Å². The van der Waals surface area contributed by atoms with E-state index in [1.165, 1.54) is 12.1 Å². The molecule has 0 bridgehead atoms. The fraction of sp³-hybridized carbons (Fsp3) is 0.300. The molecule has 0 aliphatic carbocycles. The molecule has 0 aliphatic heterocycles. The van der Waals surface area contributed by atoms with E-state index in [0.29, 0.717) is 6.61 Å². The van der Waals surface area contributed by atoms with Crippen LogP contribution in [0.2, 0.25) is 5.02 Å². The molecule has 0 aliphatic rings. The van der Waals surface area contributed by atoms with Gasteiger partial charge in [0.1, 0.15) is 11.6 Å². The Kier molecular flexibility index (Phi) is 4.37. The van der Waals surface area contributed by atoms with Gasteiger partial charge in [0, 0.05) is 0 Å². The zero-order valence-corrected chi connectivity index (χ0v) is 8.88. The third kappa shape index (κ3) is 3.75. The number of carbonyl (C=O) groups is 1. The molecule has 3 nitrogen and oxygen atoms in total. The summed E-state index contributed by atoms with van der Waals surface area (Å²) >= 11 is 5.67. The summed E-state index contributed by atoms with van der Waals surface area (Å²) in [6, 6.07) is 3.67. The van der Waals surface area contributed by atoms with E-state index >= 15 is 0 Å². The molecular weight excluding hydrogens is 223 g/mol. The van der Waals surface area contributed by atoms with Crippen LogP contribution in [0.5, 0.6) is 5.75 Å². The van der Waals surface area contributed by atoms with E-state index in [0.717, 1.165) is 6.07 Å². The number of esters is 1. The van der Waals surface area contributed by atoms with Crippen molar-refractivity contribution in [3.8, 4) is 5.75 Å². The van der Waals surface area contributed by atoms with Crippen LogP contribution in [-0.4, -0.2) is 19.2 Å². The van der Waals surface area contributed by atoms with Gasteiger partial charge in [0.2, 0.25) is 0 Å². The summed E-state index contributed by atoms with van der Waals surface area (Å²) in [6.45, 7) is 1.75. The van der Waals surface area contributed by atoms with E-state index in [1.807, 2.05) is 0 Å². The average molecular weight is 233 g/mol. The molecule has 1 aromatic carbocycles. The minimum Gasteiger partial charge on any atom is -0.480 e. The van der Waals surface area contributed by atoms with Gasteiger partial charge < -0.3 is 9.47 Å². The maximum Gasteiger partial charge on any atom is 0.344 e. The molecule has 0 unspecified atom stereocenters. The standard InChI is InChI=1S/C10H10ClFO3/c1-2-14-10(13)6-15-9-4-3-7(12)5-8(9)11/h3-5H,2,6H2,1H3. The molecule has 5 heteroatoms. The Hall–Kier alpha value is -1.29. The lowest BCUT2D eigenvalue weighted by molar-refractivity contribution is -0.145. The van der Waals surface area contributed by atoms with Crippen molar-refractivity contribution in [3.05, 3.63) is 29.0 Å². The van der Waals surface area contributed by atoms with E-state index in [2.05, 4.69) is 4.74 Å². The Balaban J connectivity index is 2.54. The Labute approximate surface area is 91.7 Å². The van der Waals surface area contributed by atoms with Crippen LogP contribution in [0.4, 0.5) is 4.39 Å². The number of benzene rings is 1. The van der Waals surface area contributed by atoms with Crippen molar-refractivity contribution >= 4 is 17.6 Å². The van der Waals surface area contributed by atoms with Gasteiger partial charge in [-0.05, 0) is 25.1 Å². The van der Waals surface area contributed by atoms with Gasteiger partial charge in [0.15, 0.2) is 6.61 Å². The predicted molar refractivity (Wildman–Crippen MR) is 53.5 cm³/mol. The third-order valence-corrected chi connectivity index (χ3v) is 1.84. The first-order valence-corrected chi connectivity index (χ1v) is 4.74. The van der Waals surface area contributed by atoms with Crippen LogP contribution < -0.4 is 4.74 Å². The number of hydrogen-bond donors (Lipinski definition) is 0. The fourth-order valence-electron chi connectivity index (χ4n) is 0.932. The highest BCUT2D eigenvalue weighted by molar-refractivity contribution is 6.32. The molecule has 0 radical (unpaired) electrons. The van der Waals surface area contributed by atoms with Gasteiger partial charge in [-0.3, -0.25) is 0 Å². The zero-order valence-electron chi connectivity index (χ0n) is 8.13. The van der Waals surface area contributed by atoms with Crippen LogP contribution in [0.25, 0.3) is 0 Å². The van der Waals surface area contributed by atoms with Crippen LogP contribution in [-0.2, 0) is 9.53 Å². The molecule has 0 fully saturated rings. The SMILES string of the molecule is CCOC(=O)COc1ccc(F)cc1Cl. The van der Waals surface area contributed by atoms with E-state index < -0.39 is 11.8 Å². The molecule has 0 heterocycles. The maximum absolute atomic E-state index is 12.6. The van der Waals surface area contributed by atoms with Gasteiger partial charge in [-0.2, -0.15) is 0 Å². The second-order valence-electron chi connectivity index (χ2n) is 2.67. The number of carbonyl (C=O) groups excluding carboxylic acids is 1. The molecule has 0 N–H and O–H groups in total. The number of ether oxygens (including phenoxy) is 2. The first-order valence-electron chi connectivity index (χ1n) is 4.37. The molecule has 82 valence electrons. The van der Waals surface area contributed by atoms with Gasteiger partial charge in [-0.1, -0.05) is 11.6 Å². The summed E-state index contributed by atoms with van der Waals surface area (Å²) in [4.78, 5) is 10.9. The van der Waals surface area contributed by atoms with Crippen molar-refractivity contribution in [3.63, 3.8) is 0 Å². The average Bonchev–Trinajstić information content (AvgIpc) is 2.17. The summed E-state index contributed by atoms with van der Waals surface area (Å²) < 4.78 is 22.3. The fourth-order valence-corrected chi connectivity index (χ4v) is 1.15. The second kappa shape index (κ2) is 5.56. The molecule has 0 atom stereocenters. The summed E-state index contributed by atoms with van der Waals surface area (Å²) in [7, 11) is 0. The van der Waals surface area contributed by atoms with Crippen LogP contribution in [0, 0.1) is 5.82 Å². The Morgan fingerprint density at radius 1 is 1.53 bits per heavy atom. The summed E-state index contributed by atoms with van der Waals surface area (Å²) in [5.41, 5.74) is 0. The first-order chi connectivity index (χ1) is 7.13. The number of hydrogen-bond acceptors (Lipinski definition) is 3. The maximum atomic E-state index is 12.6. The smallest absolute Gasteiger partial charge is 0.344 e. The zero-order chi connectivity index (χ0) is 11.3. The lowest BCUT2D eigenvalue weighted by Crippen LogP contribution is -2.14. The van der Waals surface area contributed by atoms with Crippen LogP contribution in [0.15, 0.2) is 18.2 Å². The normalized spacial score (nSPS) is 9.80. The highest BCUT2D eigenvalue weighted by Gasteiger charge is 2.06. The van der Waals surface area contributed by atoms with Crippen molar-refractivity contribution in [1.82, 2.24) is 0 Å². The van der Waals surface area contributed by atoms with E-state index in [4.69, 9.17) is 16.3 Å². The summed E-state index contributed by atoms with van der Waals surface area (Å²) in [6.07, 6.45) is 0. The van der Waals surface area contributed by atoms with Gasteiger partial charge >= 0.3 is 5.97 Å². The third-order valence-electron chi connectivity index (χ3n) is 1.54. The van der Waals surface area contributed by atoms with Crippen molar-refractivity contribution < 1.29 is 18.7 Å². The minimum absolute atomic E-state index is 0.124. The topological polar surface area (TPSA) is 35.5 Å². The van der Waals surface area contributed by atoms with Crippen molar-refractivity contribution in [1.29, 1.82) is 0 Å². The Bertz CT molecular complexity index is 355. The number of rotatable bonds is 4. The summed E-state index contributed by atoms with van der Waals surface area (Å²) in [5.74, 6) is -0.688. The van der Waals surface area contributed by atoms with Gasteiger partial charge in [-0.25, -0.2) is 9.18 Å². The van der Waals surface area contributed by atoms with Crippen LogP contribution >= 0.6 is 11.6 Å². The molecule has 1 rings (SSSR count). The molecule has 0 spiro atoms. The van der Waals surface area contributed by atoms with E-state index in [-0.39, 0.29) is 17.4 Å². The van der Waals surface area contributed by atoms with E-state index in [9.17, 15) is 9.18 Å².